The Balaban J connectivity index is 2.23. The Morgan fingerprint density at radius 1 is 1.22 bits per heavy atom. The molecule has 0 saturated carbocycles. The average Bonchev–Trinajstić information content (AvgIpc) is 3.15. The molecule has 1 aromatic heterocycles. The number of aryl methyl sites for hydroxylation is 1. The molecular weight excluding hydrogens is 406 g/mol. The largest absolute Gasteiger partial charge is 0.383 e. The number of ether oxygens (including phenoxy) is 1. The van der Waals surface area contributed by atoms with Gasteiger partial charge in [0.15, 0.2) is 0 Å². The van der Waals surface area contributed by atoms with Crippen molar-refractivity contribution < 1.29 is 14.3 Å². The van der Waals surface area contributed by atoms with Crippen LogP contribution >= 0.6 is 0 Å². The number of benzene rings is 1. The van der Waals surface area contributed by atoms with Gasteiger partial charge < -0.3 is 20.3 Å². The fourth-order valence-corrected chi connectivity index (χ4v) is 3.11. The number of nitrogens with zero attached hydrogens (tertiary/aromatic N) is 3. The van der Waals surface area contributed by atoms with Gasteiger partial charge in [0.05, 0.1) is 18.0 Å². The van der Waals surface area contributed by atoms with Crippen LogP contribution < -0.4 is 10.6 Å². The van der Waals surface area contributed by atoms with Gasteiger partial charge in [-0.3, -0.25) is 4.79 Å². The van der Waals surface area contributed by atoms with Crippen LogP contribution in [0.1, 0.15) is 51.8 Å². The van der Waals surface area contributed by atoms with E-state index in [9.17, 15) is 9.59 Å². The Hall–Kier alpha value is -2.87. The van der Waals surface area contributed by atoms with E-state index in [1.165, 1.54) is 4.90 Å². The van der Waals surface area contributed by atoms with Crippen LogP contribution in [0.25, 0.3) is 5.69 Å². The molecule has 0 unspecified atom stereocenters. The van der Waals surface area contributed by atoms with Crippen LogP contribution in [-0.4, -0.2) is 60.0 Å². The zero-order valence-corrected chi connectivity index (χ0v) is 20.2. The average molecular weight is 444 g/mol. The maximum absolute atomic E-state index is 12.9. The van der Waals surface area contributed by atoms with Crippen LogP contribution in [0, 0.1) is 6.92 Å². The van der Waals surface area contributed by atoms with E-state index in [0.29, 0.717) is 25.5 Å². The molecule has 2 N–H and O–H groups in total. The minimum atomic E-state index is -0.290. The van der Waals surface area contributed by atoms with Crippen molar-refractivity contribution in [3.63, 3.8) is 0 Å². The third kappa shape index (κ3) is 7.09. The predicted molar refractivity (Wildman–Crippen MR) is 127 cm³/mol. The van der Waals surface area contributed by atoms with Crippen molar-refractivity contribution in [3.8, 4) is 5.69 Å². The Bertz CT molecular complexity index is 901. The van der Waals surface area contributed by atoms with Gasteiger partial charge in [-0.25, -0.2) is 9.48 Å². The summed E-state index contributed by atoms with van der Waals surface area (Å²) in [5.41, 5.74) is 2.62. The van der Waals surface area contributed by atoms with E-state index in [2.05, 4.69) is 38.3 Å². The number of carbonyl (C=O) groups excluding carboxylic acids is 2. The van der Waals surface area contributed by atoms with Crippen LogP contribution in [-0.2, 0) is 14.9 Å². The predicted octanol–water partition coefficient (Wildman–Crippen LogP) is 3.87. The monoisotopic (exact) mass is 443 g/mol. The van der Waals surface area contributed by atoms with Gasteiger partial charge in [-0.2, -0.15) is 5.10 Å². The molecule has 1 aromatic carbocycles. The lowest BCUT2D eigenvalue weighted by molar-refractivity contribution is -0.116. The Morgan fingerprint density at radius 3 is 2.56 bits per heavy atom. The second kappa shape index (κ2) is 11.7. The molecular formula is C24H37N5O3. The molecule has 0 radical (unpaired) electrons. The molecule has 8 nitrogen and oxygen atoms in total. The van der Waals surface area contributed by atoms with Crippen molar-refractivity contribution >= 4 is 17.8 Å². The molecule has 2 rings (SSSR count). The second-order valence-corrected chi connectivity index (χ2v) is 8.91. The Kier molecular flexibility index (Phi) is 9.26. The van der Waals surface area contributed by atoms with Gasteiger partial charge in [0.2, 0.25) is 5.91 Å². The number of rotatable bonds is 10. The Labute approximate surface area is 191 Å². The first kappa shape index (κ1) is 25.4. The number of urea groups is 1. The van der Waals surface area contributed by atoms with Gasteiger partial charge in [-0.1, -0.05) is 52.3 Å². The van der Waals surface area contributed by atoms with Crippen molar-refractivity contribution in [2.45, 2.75) is 52.9 Å². The molecule has 1 heterocycles. The maximum Gasteiger partial charge on any atom is 0.317 e. The van der Waals surface area contributed by atoms with Gasteiger partial charge in [-0.05, 0) is 25.0 Å². The molecule has 3 amide bonds. The van der Waals surface area contributed by atoms with E-state index in [4.69, 9.17) is 9.84 Å². The van der Waals surface area contributed by atoms with Gasteiger partial charge in [0.1, 0.15) is 12.4 Å². The topological polar surface area (TPSA) is 88.5 Å². The summed E-state index contributed by atoms with van der Waals surface area (Å²) >= 11 is 0. The summed E-state index contributed by atoms with van der Waals surface area (Å²) in [6.07, 6.45) is 1.87. The highest BCUT2D eigenvalue weighted by Gasteiger charge is 2.23. The van der Waals surface area contributed by atoms with E-state index >= 15 is 0 Å². The van der Waals surface area contributed by atoms with E-state index in [0.717, 1.165) is 29.8 Å². The molecule has 0 aliphatic rings. The normalized spacial score (nSPS) is 11.3. The molecule has 0 saturated heterocycles. The molecule has 0 atom stereocenters. The van der Waals surface area contributed by atoms with Crippen LogP contribution in [0.2, 0.25) is 0 Å². The molecule has 0 spiro atoms. The zero-order chi connectivity index (χ0) is 23.7. The first-order valence-electron chi connectivity index (χ1n) is 11.2. The van der Waals surface area contributed by atoms with Crippen LogP contribution in [0.5, 0.6) is 0 Å². The van der Waals surface area contributed by atoms with Crippen molar-refractivity contribution in [3.05, 3.63) is 41.6 Å². The van der Waals surface area contributed by atoms with Crippen LogP contribution in [0.3, 0.4) is 0 Å². The van der Waals surface area contributed by atoms with Crippen molar-refractivity contribution in [1.29, 1.82) is 0 Å². The fourth-order valence-electron chi connectivity index (χ4n) is 3.11. The molecule has 176 valence electrons. The number of nitrogens with one attached hydrogen (secondary N) is 2. The lowest BCUT2D eigenvalue weighted by Crippen LogP contribution is -2.45. The number of aromatic nitrogens is 2. The van der Waals surface area contributed by atoms with Crippen molar-refractivity contribution in [1.82, 2.24) is 20.0 Å². The Morgan fingerprint density at radius 2 is 1.94 bits per heavy atom. The first-order valence-corrected chi connectivity index (χ1v) is 11.2. The zero-order valence-electron chi connectivity index (χ0n) is 20.2. The molecule has 0 fully saturated rings. The van der Waals surface area contributed by atoms with Crippen molar-refractivity contribution in [2.24, 2.45) is 0 Å². The van der Waals surface area contributed by atoms with Gasteiger partial charge in [0, 0.05) is 31.7 Å². The highest BCUT2D eigenvalue weighted by Crippen LogP contribution is 2.27. The second-order valence-electron chi connectivity index (χ2n) is 8.91. The first-order chi connectivity index (χ1) is 15.2. The van der Waals surface area contributed by atoms with E-state index in [1.807, 2.05) is 37.3 Å². The lowest BCUT2D eigenvalue weighted by Gasteiger charge is -2.22. The molecule has 2 aromatic rings. The van der Waals surface area contributed by atoms with E-state index in [1.54, 1.807) is 11.8 Å². The maximum atomic E-state index is 12.9. The summed E-state index contributed by atoms with van der Waals surface area (Å²) in [5.74, 6) is 0.286. The summed E-state index contributed by atoms with van der Waals surface area (Å²) in [5, 5.41) is 10.6. The number of carbonyl (C=O) groups is 2. The highest BCUT2D eigenvalue weighted by atomic mass is 16.5. The number of anilines is 1. The number of hydrogen-bond acceptors (Lipinski definition) is 4. The number of hydrogen-bond donors (Lipinski definition) is 2. The van der Waals surface area contributed by atoms with Gasteiger partial charge in [-0.15, -0.1) is 0 Å². The summed E-state index contributed by atoms with van der Waals surface area (Å²) in [6.45, 7) is 11.5. The lowest BCUT2D eigenvalue weighted by atomic mass is 9.92. The third-order valence-electron chi connectivity index (χ3n) is 5.08. The van der Waals surface area contributed by atoms with E-state index < -0.39 is 0 Å². The smallest absolute Gasteiger partial charge is 0.317 e. The summed E-state index contributed by atoms with van der Waals surface area (Å²) < 4.78 is 6.87. The number of para-hydroxylation sites is 1. The van der Waals surface area contributed by atoms with Gasteiger partial charge >= 0.3 is 6.03 Å². The van der Waals surface area contributed by atoms with E-state index in [-0.39, 0.29) is 23.9 Å². The highest BCUT2D eigenvalue weighted by molar-refractivity contribution is 5.94. The van der Waals surface area contributed by atoms with Crippen LogP contribution in [0.4, 0.5) is 10.6 Å². The van der Waals surface area contributed by atoms with Crippen molar-refractivity contribution in [2.75, 3.05) is 38.7 Å². The fraction of sp³-hybridized carbons (Fsp3) is 0.542. The summed E-state index contributed by atoms with van der Waals surface area (Å²) in [6, 6.07) is 9.51. The molecule has 0 aliphatic heterocycles. The SMILES string of the molecule is CCCCNC(=O)N(CCOC)CC(=O)Nc1cc(C(C)(C)C)nn1-c1ccccc1C. The minimum Gasteiger partial charge on any atom is -0.383 e. The molecule has 0 aliphatic carbocycles. The molecule has 8 heteroatoms. The summed E-state index contributed by atoms with van der Waals surface area (Å²) in [4.78, 5) is 26.9. The number of unbranched alkanes of at least 4 members (excludes halogenated alkanes) is 1. The number of amides is 3. The molecule has 32 heavy (non-hydrogen) atoms. The minimum absolute atomic E-state index is 0.0783. The van der Waals surface area contributed by atoms with Crippen LogP contribution in [0.15, 0.2) is 30.3 Å². The third-order valence-corrected chi connectivity index (χ3v) is 5.08. The summed E-state index contributed by atoms with van der Waals surface area (Å²) in [7, 11) is 1.57. The quantitative estimate of drug-likeness (QED) is 0.546. The number of methoxy groups -OCH3 is 1. The molecule has 0 bridgehead atoms. The van der Waals surface area contributed by atoms with Gasteiger partial charge in [0.25, 0.3) is 0 Å². The standard InChI is InChI=1S/C24H37N5O3/c1-7-8-13-25-23(31)28(14-15-32-6)17-22(30)26-21-16-20(24(3,4)5)27-29(21)19-12-10-9-11-18(19)2/h9-12,16H,7-8,13-15,17H2,1-6H3,(H,25,31)(H,26,30).